The molecular formula is C18H24N2O2S. The van der Waals surface area contributed by atoms with Gasteiger partial charge in [-0.1, -0.05) is 50.1 Å². The van der Waals surface area contributed by atoms with Crippen molar-refractivity contribution in [2.24, 2.45) is 5.92 Å². The van der Waals surface area contributed by atoms with E-state index in [0.29, 0.717) is 6.54 Å². The maximum absolute atomic E-state index is 12.0. The van der Waals surface area contributed by atoms with E-state index in [9.17, 15) is 9.90 Å². The minimum atomic E-state index is -0.498. The van der Waals surface area contributed by atoms with Crippen LogP contribution in [0.3, 0.4) is 0 Å². The Kier molecular flexibility index (Phi) is 6.30. The molecule has 1 aromatic heterocycles. The van der Waals surface area contributed by atoms with E-state index in [2.05, 4.69) is 29.4 Å². The smallest absolute Gasteiger partial charge is 0.226 e. The normalized spacial score (nSPS) is 13.6. The topological polar surface area (TPSA) is 62.2 Å². The van der Waals surface area contributed by atoms with Crippen LogP contribution in [0.25, 0.3) is 10.6 Å². The Balaban J connectivity index is 1.89. The van der Waals surface area contributed by atoms with E-state index in [4.69, 9.17) is 0 Å². The highest BCUT2D eigenvalue weighted by Crippen LogP contribution is 2.24. The standard InChI is InChI=1S/C18H24N2O2S/c1-4-13(3)16(21)10-19-17(22)9-15-11-23-18(20-15)14-7-5-12(2)6-8-14/h5-8,11,13,16,21H,4,9-10H2,1-3H3,(H,19,22). The zero-order valence-corrected chi connectivity index (χ0v) is 14.7. The molecule has 2 atom stereocenters. The van der Waals surface area contributed by atoms with Gasteiger partial charge in [-0.05, 0) is 12.8 Å². The Bertz CT molecular complexity index is 637. The van der Waals surface area contributed by atoms with Crippen molar-refractivity contribution in [1.82, 2.24) is 10.3 Å². The largest absolute Gasteiger partial charge is 0.391 e. The number of amides is 1. The number of nitrogens with one attached hydrogen (secondary N) is 1. The highest BCUT2D eigenvalue weighted by Gasteiger charge is 2.14. The molecule has 124 valence electrons. The second-order valence-electron chi connectivity index (χ2n) is 5.94. The number of nitrogens with zero attached hydrogens (tertiary/aromatic N) is 1. The summed E-state index contributed by atoms with van der Waals surface area (Å²) < 4.78 is 0. The first-order valence-corrected chi connectivity index (χ1v) is 8.83. The Hall–Kier alpha value is -1.72. The molecule has 0 aliphatic rings. The van der Waals surface area contributed by atoms with Crippen LogP contribution in [-0.4, -0.2) is 28.6 Å². The number of carbonyl (C=O) groups is 1. The summed E-state index contributed by atoms with van der Waals surface area (Å²) in [5.41, 5.74) is 3.05. The molecule has 0 spiro atoms. The van der Waals surface area contributed by atoms with Gasteiger partial charge in [0.2, 0.25) is 5.91 Å². The Morgan fingerprint density at radius 2 is 2.04 bits per heavy atom. The third-order valence-electron chi connectivity index (χ3n) is 4.00. The summed E-state index contributed by atoms with van der Waals surface area (Å²) in [6, 6.07) is 8.19. The second-order valence-corrected chi connectivity index (χ2v) is 6.80. The lowest BCUT2D eigenvalue weighted by Crippen LogP contribution is -2.36. The molecule has 2 N–H and O–H groups in total. The summed E-state index contributed by atoms with van der Waals surface area (Å²) in [6.45, 7) is 6.35. The molecule has 0 aliphatic carbocycles. The van der Waals surface area contributed by atoms with Gasteiger partial charge in [-0.2, -0.15) is 0 Å². The first kappa shape index (κ1) is 17.6. The SMILES string of the molecule is CCC(C)C(O)CNC(=O)Cc1csc(-c2ccc(C)cc2)n1. The van der Waals surface area contributed by atoms with Crippen molar-refractivity contribution in [3.63, 3.8) is 0 Å². The number of carbonyl (C=O) groups excluding carboxylic acids is 1. The average molecular weight is 332 g/mol. The predicted molar refractivity (Wildman–Crippen MR) is 94.5 cm³/mol. The number of aliphatic hydroxyl groups is 1. The van der Waals surface area contributed by atoms with E-state index in [0.717, 1.165) is 22.7 Å². The molecule has 0 saturated heterocycles. The molecule has 23 heavy (non-hydrogen) atoms. The van der Waals surface area contributed by atoms with Gasteiger partial charge < -0.3 is 10.4 Å². The molecule has 0 fully saturated rings. The summed E-state index contributed by atoms with van der Waals surface area (Å²) in [6.07, 6.45) is 0.640. The fraction of sp³-hybridized carbons (Fsp3) is 0.444. The van der Waals surface area contributed by atoms with Crippen LogP contribution in [0.4, 0.5) is 0 Å². The quantitative estimate of drug-likeness (QED) is 0.818. The summed E-state index contributed by atoms with van der Waals surface area (Å²) in [5, 5.41) is 15.5. The van der Waals surface area contributed by atoms with Gasteiger partial charge in [0.25, 0.3) is 0 Å². The van der Waals surface area contributed by atoms with Crippen LogP contribution in [0.2, 0.25) is 0 Å². The van der Waals surface area contributed by atoms with Crippen LogP contribution in [0.5, 0.6) is 0 Å². The van der Waals surface area contributed by atoms with Gasteiger partial charge in [0.1, 0.15) is 5.01 Å². The summed E-state index contributed by atoms with van der Waals surface area (Å²) >= 11 is 1.54. The molecule has 0 saturated carbocycles. The summed E-state index contributed by atoms with van der Waals surface area (Å²) in [4.78, 5) is 16.5. The van der Waals surface area contributed by atoms with Crippen molar-refractivity contribution in [3.05, 3.63) is 40.9 Å². The number of hydrogen-bond donors (Lipinski definition) is 2. The van der Waals surface area contributed by atoms with Gasteiger partial charge in [-0.3, -0.25) is 4.79 Å². The highest BCUT2D eigenvalue weighted by atomic mass is 32.1. The molecule has 0 radical (unpaired) electrons. The third-order valence-corrected chi connectivity index (χ3v) is 4.94. The van der Waals surface area contributed by atoms with Gasteiger partial charge >= 0.3 is 0 Å². The molecule has 5 heteroatoms. The first-order chi connectivity index (χ1) is 11.0. The molecule has 1 heterocycles. The van der Waals surface area contributed by atoms with Crippen molar-refractivity contribution in [3.8, 4) is 10.6 Å². The lowest BCUT2D eigenvalue weighted by atomic mass is 10.0. The van der Waals surface area contributed by atoms with E-state index in [1.165, 1.54) is 5.56 Å². The van der Waals surface area contributed by atoms with Crippen LogP contribution >= 0.6 is 11.3 Å². The van der Waals surface area contributed by atoms with E-state index in [1.807, 2.05) is 31.4 Å². The minimum absolute atomic E-state index is 0.104. The van der Waals surface area contributed by atoms with E-state index >= 15 is 0 Å². The summed E-state index contributed by atoms with van der Waals surface area (Å²) in [7, 11) is 0. The molecule has 4 nitrogen and oxygen atoms in total. The lowest BCUT2D eigenvalue weighted by Gasteiger charge is -2.17. The zero-order valence-electron chi connectivity index (χ0n) is 13.9. The highest BCUT2D eigenvalue weighted by molar-refractivity contribution is 7.13. The number of aromatic nitrogens is 1. The van der Waals surface area contributed by atoms with E-state index in [-0.39, 0.29) is 18.2 Å². The van der Waals surface area contributed by atoms with Crippen LogP contribution in [0.1, 0.15) is 31.5 Å². The second kappa shape index (κ2) is 8.22. The fourth-order valence-corrected chi connectivity index (χ4v) is 2.96. The number of aliphatic hydroxyl groups excluding tert-OH is 1. The van der Waals surface area contributed by atoms with Crippen LogP contribution in [0.15, 0.2) is 29.6 Å². The molecule has 2 unspecified atom stereocenters. The van der Waals surface area contributed by atoms with Crippen molar-refractivity contribution >= 4 is 17.2 Å². The molecule has 0 aliphatic heterocycles. The number of thiazole rings is 1. The maximum atomic E-state index is 12.0. The average Bonchev–Trinajstić information content (AvgIpc) is 3.00. The zero-order chi connectivity index (χ0) is 16.8. The van der Waals surface area contributed by atoms with E-state index < -0.39 is 6.10 Å². The van der Waals surface area contributed by atoms with Gasteiger partial charge in [0, 0.05) is 17.5 Å². The van der Waals surface area contributed by atoms with Crippen molar-refractivity contribution in [1.29, 1.82) is 0 Å². The molecule has 1 aromatic carbocycles. The minimum Gasteiger partial charge on any atom is -0.391 e. The van der Waals surface area contributed by atoms with E-state index in [1.54, 1.807) is 11.3 Å². The van der Waals surface area contributed by atoms with Crippen LogP contribution < -0.4 is 5.32 Å². The van der Waals surface area contributed by atoms with Gasteiger partial charge in [0.15, 0.2) is 0 Å². The molecule has 2 aromatic rings. The number of benzene rings is 1. The number of hydrogen-bond acceptors (Lipinski definition) is 4. The van der Waals surface area contributed by atoms with Crippen LogP contribution in [0, 0.1) is 12.8 Å². The van der Waals surface area contributed by atoms with Crippen molar-refractivity contribution in [2.75, 3.05) is 6.54 Å². The molecule has 2 rings (SSSR count). The predicted octanol–water partition coefficient (Wildman–Crippen LogP) is 3.18. The third kappa shape index (κ3) is 5.15. The maximum Gasteiger partial charge on any atom is 0.226 e. The summed E-state index contributed by atoms with van der Waals surface area (Å²) in [5.74, 6) is 0.0795. The molecule has 1 amide bonds. The van der Waals surface area contributed by atoms with Crippen LogP contribution in [-0.2, 0) is 11.2 Å². The van der Waals surface area contributed by atoms with Crippen molar-refractivity contribution in [2.45, 2.75) is 39.7 Å². The number of aryl methyl sites for hydroxylation is 1. The van der Waals surface area contributed by atoms with Gasteiger partial charge in [-0.15, -0.1) is 11.3 Å². The Morgan fingerprint density at radius 3 is 2.70 bits per heavy atom. The van der Waals surface area contributed by atoms with Gasteiger partial charge in [-0.25, -0.2) is 4.98 Å². The molecular weight excluding hydrogens is 308 g/mol. The van der Waals surface area contributed by atoms with Gasteiger partial charge in [0.05, 0.1) is 18.2 Å². The first-order valence-electron chi connectivity index (χ1n) is 7.95. The van der Waals surface area contributed by atoms with Crippen molar-refractivity contribution < 1.29 is 9.90 Å². The fourth-order valence-electron chi connectivity index (χ4n) is 2.14. The molecule has 0 bridgehead atoms. The number of rotatable bonds is 7. The Morgan fingerprint density at radius 1 is 1.35 bits per heavy atom. The monoisotopic (exact) mass is 332 g/mol. The Labute approximate surface area is 141 Å². The lowest BCUT2D eigenvalue weighted by molar-refractivity contribution is -0.121.